The lowest BCUT2D eigenvalue weighted by atomic mass is 10.2. The standard InChI is InChI=1S/C12H10N4S2/c13-11-15-16-12(18-11)17-7-8-5-9-3-1-2-4-10(9)14-6-8/h1-6H,7H2,(H2,13,15). The molecule has 0 amide bonds. The van der Waals surface area contributed by atoms with Gasteiger partial charge in [0.2, 0.25) is 5.13 Å². The number of nitrogens with zero attached hydrogens (tertiary/aromatic N) is 3. The first-order chi connectivity index (χ1) is 8.81. The number of rotatable bonds is 3. The monoisotopic (exact) mass is 274 g/mol. The van der Waals surface area contributed by atoms with Crippen LogP contribution in [0, 0.1) is 0 Å². The van der Waals surface area contributed by atoms with Gasteiger partial charge in [0.25, 0.3) is 0 Å². The summed E-state index contributed by atoms with van der Waals surface area (Å²) in [6, 6.07) is 10.2. The molecule has 18 heavy (non-hydrogen) atoms. The van der Waals surface area contributed by atoms with Gasteiger partial charge in [-0.05, 0) is 17.7 Å². The summed E-state index contributed by atoms with van der Waals surface area (Å²) in [4.78, 5) is 4.43. The number of hydrogen-bond donors (Lipinski definition) is 1. The molecule has 4 nitrogen and oxygen atoms in total. The molecule has 0 aliphatic carbocycles. The van der Waals surface area contributed by atoms with E-state index in [0.29, 0.717) is 5.13 Å². The van der Waals surface area contributed by atoms with E-state index in [9.17, 15) is 0 Å². The SMILES string of the molecule is Nc1nnc(SCc2cnc3ccccc3c2)s1. The van der Waals surface area contributed by atoms with Crippen LogP contribution in [-0.2, 0) is 5.75 Å². The summed E-state index contributed by atoms with van der Waals surface area (Å²) in [6.45, 7) is 0. The van der Waals surface area contributed by atoms with E-state index in [1.165, 1.54) is 16.9 Å². The summed E-state index contributed by atoms with van der Waals surface area (Å²) >= 11 is 3.04. The van der Waals surface area contributed by atoms with Crippen LogP contribution in [0.2, 0.25) is 0 Å². The number of thioether (sulfide) groups is 1. The second-order valence-corrected chi connectivity index (χ2v) is 5.96. The zero-order valence-electron chi connectivity index (χ0n) is 9.41. The van der Waals surface area contributed by atoms with Crippen molar-refractivity contribution in [2.75, 3.05) is 5.73 Å². The molecule has 2 heterocycles. The van der Waals surface area contributed by atoms with E-state index in [1.807, 2.05) is 24.4 Å². The predicted octanol–water partition coefficient (Wildman–Crippen LogP) is 2.96. The number of pyridine rings is 1. The fourth-order valence-electron chi connectivity index (χ4n) is 1.62. The van der Waals surface area contributed by atoms with Gasteiger partial charge in [0.15, 0.2) is 4.34 Å². The second-order valence-electron chi connectivity index (χ2n) is 3.73. The normalized spacial score (nSPS) is 10.9. The highest BCUT2D eigenvalue weighted by Gasteiger charge is 2.03. The van der Waals surface area contributed by atoms with Gasteiger partial charge < -0.3 is 5.73 Å². The Balaban J connectivity index is 1.78. The van der Waals surface area contributed by atoms with E-state index < -0.39 is 0 Å². The quantitative estimate of drug-likeness (QED) is 0.744. The Bertz CT molecular complexity index is 680. The van der Waals surface area contributed by atoms with Crippen molar-refractivity contribution < 1.29 is 0 Å². The maximum absolute atomic E-state index is 5.54. The zero-order valence-corrected chi connectivity index (χ0v) is 11.0. The molecule has 0 unspecified atom stereocenters. The molecule has 0 spiro atoms. The maximum Gasteiger partial charge on any atom is 0.203 e. The van der Waals surface area contributed by atoms with Crippen LogP contribution in [0.4, 0.5) is 5.13 Å². The Hall–Kier alpha value is -1.66. The van der Waals surface area contributed by atoms with Crippen LogP contribution >= 0.6 is 23.1 Å². The molecular weight excluding hydrogens is 264 g/mol. The van der Waals surface area contributed by atoms with Crippen LogP contribution in [0.25, 0.3) is 10.9 Å². The minimum atomic E-state index is 0.508. The number of anilines is 1. The highest BCUT2D eigenvalue weighted by Crippen LogP contribution is 2.27. The third kappa shape index (κ3) is 2.44. The van der Waals surface area contributed by atoms with Crippen molar-refractivity contribution in [2.45, 2.75) is 10.1 Å². The van der Waals surface area contributed by atoms with Crippen molar-refractivity contribution in [2.24, 2.45) is 0 Å². The Morgan fingerprint density at radius 2 is 2.11 bits per heavy atom. The lowest BCUT2D eigenvalue weighted by molar-refractivity contribution is 1.02. The van der Waals surface area contributed by atoms with E-state index in [-0.39, 0.29) is 0 Å². The molecule has 1 aromatic carbocycles. The summed E-state index contributed by atoms with van der Waals surface area (Å²) in [5.74, 6) is 0.826. The average Bonchev–Trinajstić information content (AvgIpc) is 2.82. The third-order valence-electron chi connectivity index (χ3n) is 2.43. The third-order valence-corrected chi connectivity index (χ3v) is 4.39. The fourth-order valence-corrected chi connectivity index (χ4v) is 3.18. The summed E-state index contributed by atoms with van der Waals surface area (Å²) in [6.07, 6.45) is 1.90. The van der Waals surface area contributed by atoms with Crippen molar-refractivity contribution in [1.29, 1.82) is 0 Å². The fraction of sp³-hybridized carbons (Fsp3) is 0.0833. The van der Waals surface area contributed by atoms with E-state index in [2.05, 4.69) is 27.3 Å². The molecule has 3 aromatic rings. The molecule has 0 saturated heterocycles. The van der Waals surface area contributed by atoms with Gasteiger partial charge in [-0.1, -0.05) is 41.3 Å². The Labute approximate surface area is 112 Å². The number of nitrogen functional groups attached to an aromatic ring is 1. The smallest absolute Gasteiger partial charge is 0.203 e. The molecule has 2 aromatic heterocycles. The topological polar surface area (TPSA) is 64.7 Å². The van der Waals surface area contributed by atoms with Crippen LogP contribution in [-0.4, -0.2) is 15.2 Å². The molecular formula is C12H10N4S2. The molecule has 0 aliphatic heterocycles. The van der Waals surface area contributed by atoms with Gasteiger partial charge in [-0.25, -0.2) is 0 Å². The molecule has 0 fully saturated rings. The molecule has 90 valence electrons. The number of hydrogen-bond acceptors (Lipinski definition) is 6. The summed E-state index contributed by atoms with van der Waals surface area (Å²) in [5, 5.41) is 9.44. The highest BCUT2D eigenvalue weighted by atomic mass is 32.2. The molecule has 0 saturated carbocycles. The predicted molar refractivity (Wildman–Crippen MR) is 75.6 cm³/mol. The number of benzene rings is 1. The maximum atomic E-state index is 5.54. The van der Waals surface area contributed by atoms with Gasteiger partial charge in [0.1, 0.15) is 0 Å². The van der Waals surface area contributed by atoms with Gasteiger partial charge in [-0.2, -0.15) is 0 Å². The largest absolute Gasteiger partial charge is 0.374 e. The Morgan fingerprint density at radius 1 is 1.22 bits per heavy atom. The Morgan fingerprint density at radius 3 is 2.94 bits per heavy atom. The molecule has 0 bridgehead atoms. The van der Waals surface area contributed by atoms with E-state index in [0.717, 1.165) is 21.0 Å². The van der Waals surface area contributed by atoms with Gasteiger partial charge in [-0.3, -0.25) is 4.98 Å². The number of fused-ring (bicyclic) bond motifs is 1. The average molecular weight is 274 g/mol. The zero-order chi connectivity index (χ0) is 12.4. The lowest BCUT2D eigenvalue weighted by Gasteiger charge is -2.01. The van der Waals surface area contributed by atoms with Crippen molar-refractivity contribution in [3.8, 4) is 0 Å². The first-order valence-corrected chi connectivity index (χ1v) is 7.17. The van der Waals surface area contributed by atoms with Crippen molar-refractivity contribution in [3.63, 3.8) is 0 Å². The number of para-hydroxylation sites is 1. The first kappa shape index (κ1) is 11.4. The van der Waals surface area contributed by atoms with Crippen LogP contribution in [0.3, 0.4) is 0 Å². The van der Waals surface area contributed by atoms with Gasteiger partial charge >= 0.3 is 0 Å². The summed E-state index contributed by atoms with van der Waals surface area (Å²) < 4.78 is 0.889. The molecule has 3 rings (SSSR count). The summed E-state index contributed by atoms with van der Waals surface area (Å²) in [5.41, 5.74) is 7.73. The minimum absolute atomic E-state index is 0.508. The van der Waals surface area contributed by atoms with E-state index >= 15 is 0 Å². The molecule has 2 N–H and O–H groups in total. The Kier molecular flexibility index (Phi) is 3.12. The van der Waals surface area contributed by atoms with Crippen molar-refractivity contribution >= 4 is 39.1 Å². The van der Waals surface area contributed by atoms with Crippen LogP contribution < -0.4 is 5.73 Å². The lowest BCUT2D eigenvalue weighted by Crippen LogP contribution is -1.85. The second kappa shape index (κ2) is 4.91. The van der Waals surface area contributed by atoms with Crippen molar-refractivity contribution in [3.05, 3.63) is 42.1 Å². The van der Waals surface area contributed by atoms with Crippen LogP contribution in [0.15, 0.2) is 40.9 Å². The molecule has 0 atom stereocenters. The first-order valence-electron chi connectivity index (χ1n) is 5.37. The highest BCUT2D eigenvalue weighted by molar-refractivity contribution is 8.00. The van der Waals surface area contributed by atoms with Crippen LogP contribution in [0.5, 0.6) is 0 Å². The molecule has 0 radical (unpaired) electrons. The molecule has 0 aliphatic rings. The molecule has 6 heteroatoms. The van der Waals surface area contributed by atoms with Crippen molar-refractivity contribution in [1.82, 2.24) is 15.2 Å². The van der Waals surface area contributed by atoms with E-state index in [4.69, 9.17) is 5.73 Å². The number of nitrogens with two attached hydrogens (primary N) is 1. The van der Waals surface area contributed by atoms with E-state index in [1.54, 1.807) is 11.8 Å². The van der Waals surface area contributed by atoms with Gasteiger partial charge in [0.05, 0.1) is 5.52 Å². The summed E-state index contributed by atoms with van der Waals surface area (Å²) in [7, 11) is 0. The van der Waals surface area contributed by atoms with Gasteiger partial charge in [-0.15, -0.1) is 10.2 Å². The van der Waals surface area contributed by atoms with Gasteiger partial charge in [0, 0.05) is 17.3 Å². The number of aromatic nitrogens is 3. The van der Waals surface area contributed by atoms with Crippen LogP contribution in [0.1, 0.15) is 5.56 Å². The minimum Gasteiger partial charge on any atom is -0.374 e.